The van der Waals surface area contributed by atoms with Gasteiger partial charge in [-0.15, -0.1) is 11.3 Å². The van der Waals surface area contributed by atoms with Gasteiger partial charge in [-0.3, -0.25) is 10.1 Å². The predicted molar refractivity (Wildman–Crippen MR) is 125 cm³/mol. The third kappa shape index (κ3) is 4.17. The summed E-state index contributed by atoms with van der Waals surface area (Å²) in [5.41, 5.74) is 2.31. The van der Waals surface area contributed by atoms with Crippen LogP contribution in [0.25, 0.3) is 22.5 Å². The average Bonchev–Trinajstić information content (AvgIpc) is 3.39. The fourth-order valence-electron chi connectivity index (χ4n) is 3.16. The van der Waals surface area contributed by atoms with E-state index in [-0.39, 0.29) is 11.3 Å². The summed E-state index contributed by atoms with van der Waals surface area (Å²) in [6.45, 7) is 1.64. The molecule has 2 aromatic heterocycles. The van der Waals surface area contributed by atoms with Crippen molar-refractivity contribution in [2.75, 3.05) is 19.5 Å². The van der Waals surface area contributed by atoms with E-state index >= 15 is 0 Å². The third-order valence-electron chi connectivity index (χ3n) is 4.70. The van der Waals surface area contributed by atoms with E-state index in [2.05, 4.69) is 15.5 Å². The normalized spacial score (nSPS) is 10.8. The molecule has 7 nitrogen and oxygen atoms in total. The van der Waals surface area contributed by atoms with Crippen molar-refractivity contribution in [3.63, 3.8) is 0 Å². The Balaban J connectivity index is 1.65. The first-order chi connectivity index (χ1) is 15.4. The summed E-state index contributed by atoms with van der Waals surface area (Å²) in [4.78, 5) is 17.6. The van der Waals surface area contributed by atoms with Gasteiger partial charge in [-0.05, 0) is 37.3 Å². The minimum absolute atomic E-state index is 0.232. The van der Waals surface area contributed by atoms with Crippen molar-refractivity contribution < 1.29 is 18.8 Å². The smallest absolute Gasteiger partial charge is 0.263 e. The number of methoxy groups -OCH3 is 2. The van der Waals surface area contributed by atoms with Gasteiger partial charge in [-0.1, -0.05) is 34.4 Å². The number of benzene rings is 2. The molecule has 0 saturated heterocycles. The zero-order valence-corrected chi connectivity index (χ0v) is 19.6. The lowest BCUT2D eigenvalue weighted by molar-refractivity contribution is 0.102. The van der Waals surface area contributed by atoms with Crippen LogP contribution in [0.2, 0.25) is 10.0 Å². The number of carbonyl (C=O) groups excluding carboxylic acids is 1. The maximum absolute atomic E-state index is 13.1. The molecule has 0 saturated carbocycles. The van der Waals surface area contributed by atoms with Gasteiger partial charge in [0.2, 0.25) is 0 Å². The number of amides is 1. The van der Waals surface area contributed by atoms with Gasteiger partial charge in [-0.25, -0.2) is 4.98 Å². The van der Waals surface area contributed by atoms with Gasteiger partial charge in [0.15, 0.2) is 5.13 Å². The highest BCUT2D eigenvalue weighted by Crippen LogP contribution is 2.38. The van der Waals surface area contributed by atoms with Crippen LogP contribution < -0.4 is 14.8 Å². The first-order valence-corrected chi connectivity index (χ1v) is 11.0. The van der Waals surface area contributed by atoms with Gasteiger partial charge in [-0.2, -0.15) is 0 Å². The van der Waals surface area contributed by atoms with E-state index in [9.17, 15) is 4.79 Å². The van der Waals surface area contributed by atoms with Gasteiger partial charge < -0.3 is 14.0 Å². The second kappa shape index (κ2) is 9.20. The number of aryl methyl sites for hydroxylation is 1. The molecule has 164 valence electrons. The van der Waals surface area contributed by atoms with Crippen LogP contribution in [-0.4, -0.2) is 30.3 Å². The number of nitrogens with zero attached hydrogens (tertiary/aromatic N) is 2. The molecule has 4 aromatic rings. The Morgan fingerprint density at radius 2 is 1.88 bits per heavy atom. The number of nitrogens with one attached hydrogen (secondary N) is 1. The van der Waals surface area contributed by atoms with E-state index in [1.54, 1.807) is 51.5 Å². The summed E-state index contributed by atoms with van der Waals surface area (Å²) in [5.74, 6) is 1.20. The Morgan fingerprint density at radius 1 is 1.12 bits per heavy atom. The van der Waals surface area contributed by atoms with Crippen LogP contribution in [-0.2, 0) is 0 Å². The number of carbonyl (C=O) groups is 1. The fraction of sp³-hybridized carbons (Fsp3) is 0.136. The lowest BCUT2D eigenvalue weighted by Crippen LogP contribution is -2.13. The molecule has 0 bridgehead atoms. The molecule has 10 heteroatoms. The van der Waals surface area contributed by atoms with Crippen molar-refractivity contribution in [3.05, 3.63) is 63.1 Å². The molecule has 0 aliphatic heterocycles. The molecular weight excluding hydrogens is 473 g/mol. The molecular formula is C22H17Cl2N3O4S. The summed E-state index contributed by atoms with van der Waals surface area (Å²) in [5, 5.41) is 9.75. The Hall–Kier alpha value is -3.07. The second-order valence-corrected chi connectivity index (χ2v) is 8.29. The Kier molecular flexibility index (Phi) is 6.36. The zero-order chi connectivity index (χ0) is 22.8. The highest BCUT2D eigenvalue weighted by atomic mass is 35.5. The lowest BCUT2D eigenvalue weighted by Gasteiger charge is -2.08. The van der Waals surface area contributed by atoms with Crippen LogP contribution >= 0.6 is 34.5 Å². The van der Waals surface area contributed by atoms with Crippen molar-refractivity contribution in [3.8, 4) is 34.0 Å². The minimum Gasteiger partial charge on any atom is -0.497 e. The van der Waals surface area contributed by atoms with E-state index in [1.807, 2.05) is 11.4 Å². The number of hydrogen-bond donors (Lipinski definition) is 1. The van der Waals surface area contributed by atoms with E-state index < -0.39 is 5.91 Å². The lowest BCUT2D eigenvalue weighted by atomic mass is 10.1. The predicted octanol–water partition coefficient (Wildman–Crippen LogP) is 6.35. The number of anilines is 1. The van der Waals surface area contributed by atoms with Crippen LogP contribution in [0.1, 0.15) is 16.1 Å². The molecule has 0 atom stereocenters. The van der Waals surface area contributed by atoms with Crippen LogP contribution in [0.4, 0.5) is 5.13 Å². The molecule has 1 amide bonds. The number of aromatic nitrogens is 2. The van der Waals surface area contributed by atoms with Crippen molar-refractivity contribution >= 4 is 45.6 Å². The van der Waals surface area contributed by atoms with E-state index in [4.69, 9.17) is 37.2 Å². The van der Waals surface area contributed by atoms with Crippen molar-refractivity contribution in [1.29, 1.82) is 0 Å². The van der Waals surface area contributed by atoms with Crippen molar-refractivity contribution in [2.45, 2.75) is 6.92 Å². The molecule has 2 aromatic carbocycles. The molecule has 0 spiro atoms. The first kappa shape index (κ1) is 22.1. The number of ether oxygens (including phenoxy) is 2. The third-order valence-corrected chi connectivity index (χ3v) is 6.08. The van der Waals surface area contributed by atoms with E-state index in [0.29, 0.717) is 43.7 Å². The van der Waals surface area contributed by atoms with Gasteiger partial charge in [0.05, 0.1) is 30.0 Å². The first-order valence-electron chi connectivity index (χ1n) is 9.32. The Morgan fingerprint density at radius 3 is 2.56 bits per heavy atom. The zero-order valence-electron chi connectivity index (χ0n) is 17.2. The average molecular weight is 490 g/mol. The number of hydrogen-bond acceptors (Lipinski definition) is 7. The maximum Gasteiger partial charge on any atom is 0.263 e. The molecule has 0 fully saturated rings. The van der Waals surface area contributed by atoms with Gasteiger partial charge >= 0.3 is 0 Å². The number of thiazole rings is 1. The van der Waals surface area contributed by atoms with E-state index in [0.717, 1.165) is 5.56 Å². The molecule has 32 heavy (non-hydrogen) atoms. The highest BCUT2D eigenvalue weighted by Gasteiger charge is 2.25. The molecule has 0 aliphatic carbocycles. The Labute approximate surface area is 197 Å². The van der Waals surface area contributed by atoms with Crippen LogP contribution in [0.15, 0.2) is 46.3 Å². The van der Waals surface area contributed by atoms with Crippen molar-refractivity contribution in [1.82, 2.24) is 10.1 Å². The summed E-state index contributed by atoms with van der Waals surface area (Å²) < 4.78 is 16.0. The SMILES string of the molecule is COc1ccc(OC)c(-c2csc(NC(=O)c3c(-c4c(Cl)cccc4Cl)noc3C)n2)c1. The summed E-state index contributed by atoms with van der Waals surface area (Å²) >= 11 is 13.9. The van der Waals surface area contributed by atoms with Gasteiger partial charge in [0.25, 0.3) is 5.91 Å². The molecule has 0 radical (unpaired) electrons. The molecule has 0 unspecified atom stereocenters. The summed E-state index contributed by atoms with van der Waals surface area (Å²) in [7, 11) is 3.17. The topological polar surface area (TPSA) is 86.5 Å². The minimum atomic E-state index is -0.437. The number of halogens is 2. The van der Waals surface area contributed by atoms with Gasteiger partial charge in [0, 0.05) is 16.5 Å². The quantitative estimate of drug-likeness (QED) is 0.339. The van der Waals surface area contributed by atoms with Crippen molar-refractivity contribution in [2.24, 2.45) is 0 Å². The molecule has 0 aliphatic rings. The highest BCUT2D eigenvalue weighted by molar-refractivity contribution is 7.14. The monoisotopic (exact) mass is 489 g/mol. The van der Waals surface area contributed by atoms with Crippen LogP contribution in [0, 0.1) is 6.92 Å². The standard InChI is InChI=1S/C22H17Cl2N3O4S/c1-11-18(20(27-31-11)19-14(23)5-4-6-15(19)24)21(28)26-22-25-16(10-32-22)13-9-12(29-2)7-8-17(13)30-3/h4-10H,1-3H3,(H,25,26,28). The largest absolute Gasteiger partial charge is 0.497 e. The summed E-state index contributed by atoms with van der Waals surface area (Å²) in [6, 6.07) is 10.5. The molecule has 1 N–H and O–H groups in total. The van der Waals surface area contributed by atoms with Crippen LogP contribution in [0.3, 0.4) is 0 Å². The summed E-state index contributed by atoms with van der Waals surface area (Å²) in [6.07, 6.45) is 0. The Bertz CT molecular complexity index is 1280. The fourth-order valence-corrected chi connectivity index (χ4v) is 4.45. The van der Waals surface area contributed by atoms with Crippen LogP contribution in [0.5, 0.6) is 11.5 Å². The molecule has 2 heterocycles. The van der Waals surface area contributed by atoms with E-state index in [1.165, 1.54) is 11.3 Å². The second-order valence-electron chi connectivity index (χ2n) is 6.62. The maximum atomic E-state index is 13.1. The van der Waals surface area contributed by atoms with Gasteiger partial charge in [0.1, 0.15) is 28.5 Å². The number of rotatable bonds is 6. The molecule has 4 rings (SSSR count).